The molecule has 0 aliphatic heterocycles. The Labute approximate surface area is 189 Å². The van der Waals surface area contributed by atoms with Crippen molar-refractivity contribution in [2.24, 2.45) is 5.92 Å². The van der Waals surface area contributed by atoms with Gasteiger partial charge in [0, 0.05) is 38.0 Å². The summed E-state index contributed by atoms with van der Waals surface area (Å²) in [6.07, 6.45) is 3.57. The second-order valence-corrected chi connectivity index (χ2v) is 8.54. The average molecular weight is 434 g/mol. The molecule has 4 rings (SSSR count). The van der Waals surface area contributed by atoms with Crippen LogP contribution in [0.15, 0.2) is 48.5 Å². The van der Waals surface area contributed by atoms with Crippen LogP contribution in [0.3, 0.4) is 0 Å². The summed E-state index contributed by atoms with van der Waals surface area (Å²) in [6, 6.07) is 16.1. The number of hydrogen-bond acceptors (Lipinski definition) is 6. The number of carbonyl (C=O) groups is 1. The van der Waals surface area contributed by atoms with Gasteiger partial charge < -0.3 is 20.3 Å². The Balaban J connectivity index is 1.31. The van der Waals surface area contributed by atoms with Crippen LogP contribution in [0, 0.1) is 5.92 Å². The van der Waals surface area contributed by atoms with Crippen LogP contribution in [0.5, 0.6) is 5.75 Å². The summed E-state index contributed by atoms with van der Waals surface area (Å²) < 4.78 is 5.18. The van der Waals surface area contributed by atoms with E-state index in [0.717, 1.165) is 53.7 Å². The van der Waals surface area contributed by atoms with E-state index in [4.69, 9.17) is 14.7 Å². The highest BCUT2D eigenvalue weighted by atomic mass is 16.5. The van der Waals surface area contributed by atoms with E-state index in [0.29, 0.717) is 12.5 Å². The van der Waals surface area contributed by atoms with Gasteiger partial charge in [0.25, 0.3) is 0 Å². The number of methoxy groups -OCH3 is 1. The first-order chi connectivity index (χ1) is 15.5. The SMILES string of the molecule is COc1ccc(CNC(=O)C2CCC(Nc3nc(N(C)C)c4ccccc4n3)CC2)cc1. The smallest absolute Gasteiger partial charge is 0.225 e. The summed E-state index contributed by atoms with van der Waals surface area (Å²) in [5.41, 5.74) is 2.00. The van der Waals surface area contributed by atoms with E-state index < -0.39 is 0 Å². The number of carbonyl (C=O) groups excluding carboxylic acids is 1. The van der Waals surface area contributed by atoms with Crippen molar-refractivity contribution in [3.63, 3.8) is 0 Å². The molecule has 3 aromatic rings. The minimum absolute atomic E-state index is 0.0566. The maximum atomic E-state index is 12.6. The van der Waals surface area contributed by atoms with E-state index in [2.05, 4.69) is 10.6 Å². The Hall–Kier alpha value is -3.35. The van der Waals surface area contributed by atoms with Crippen molar-refractivity contribution in [3.8, 4) is 5.75 Å². The van der Waals surface area contributed by atoms with Crippen LogP contribution in [0.1, 0.15) is 31.2 Å². The minimum Gasteiger partial charge on any atom is -0.497 e. The number of anilines is 2. The number of amides is 1. The normalized spacial score (nSPS) is 18.2. The fourth-order valence-electron chi connectivity index (χ4n) is 4.22. The van der Waals surface area contributed by atoms with E-state index in [1.54, 1.807) is 7.11 Å². The first-order valence-corrected chi connectivity index (χ1v) is 11.1. The Morgan fingerprint density at radius 2 is 1.75 bits per heavy atom. The van der Waals surface area contributed by atoms with Crippen LogP contribution in [0.2, 0.25) is 0 Å². The number of hydrogen-bond donors (Lipinski definition) is 2. The predicted octanol–water partition coefficient (Wildman–Crippen LogP) is 3.99. The molecule has 7 nitrogen and oxygen atoms in total. The highest BCUT2D eigenvalue weighted by Gasteiger charge is 2.26. The first-order valence-electron chi connectivity index (χ1n) is 11.1. The molecule has 168 valence electrons. The number of para-hydroxylation sites is 1. The molecule has 1 saturated carbocycles. The van der Waals surface area contributed by atoms with Gasteiger partial charge in [-0.05, 0) is 55.5 Å². The second-order valence-electron chi connectivity index (χ2n) is 8.54. The predicted molar refractivity (Wildman–Crippen MR) is 128 cm³/mol. The lowest BCUT2D eigenvalue weighted by atomic mass is 9.85. The highest BCUT2D eigenvalue weighted by Crippen LogP contribution is 2.28. The highest BCUT2D eigenvalue weighted by molar-refractivity contribution is 5.90. The van der Waals surface area contributed by atoms with E-state index in [-0.39, 0.29) is 17.9 Å². The molecular formula is C25H31N5O2. The number of rotatable bonds is 7. The van der Waals surface area contributed by atoms with Crippen LogP contribution in [0.25, 0.3) is 10.9 Å². The average Bonchev–Trinajstić information content (AvgIpc) is 2.82. The third-order valence-electron chi connectivity index (χ3n) is 6.06. The second kappa shape index (κ2) is 9.85. The van der Waals surface area contributed by atoms with E-state index >= 15 is 0 Å². The van der Waals surface area contributed by atoms with Crippen molar-refractivity contribution >= 4 is 28.6 Å². The van der Waals surface area contributed by atoms with Gasteiger partial charge in [0.1, 0.15) is 11.6 Å². The fraction of sp³-hybridized carbons (Fsp3) is 0.400. The molecule has 0 spiro atoms. The molecular weight excluding hydrogens is 402 g/mol. The molecule has 0 saturated heterocycles. The number of benzene rings is 2. The van der Waals surface area contributed by atoms with Crippen molar-refractivity contribution in [2.45, 2.75) is 38.3 Å². The van der Waals surface area contributed by atoms with E-state index in [1.165, 1.54) is 0 Å². The quantitative estimate of drug-likeness (QED) is 0.587. The molecule has 1 aliphatic rings. The minimum atomic E-state index is 0.0566. The topological polar surface area (TPSA) is 79.4 Å². The van der Waals surface area contributed by atoms with Gasteiger partial charge in [0.05, 0.1) is 12.6 Å². The lowest BCUT2D eigenvalue weighted by Crippen LogP contribution is -2.35. The van der Waals surface area contributed by atoms with E-state index in [1.807, 2.05) is 67.5 Å². The number of aromatic nitrogens is 2. The lowest BCUT2D eigenvalue weighted by Gasteiger charge is -2.28. The Morgan fingerprint density at radius 3 is 2.44 bits per heavy atom. The monoisotopic (exact) mass is 433 g/mol. The van der Waals surface area contributed by atoms with Crippen molar-refractivity contribution in [2.75, 3.05) is 31.4 Å². The maximum Gasteiger partial charge on any atom is 0.225 e. The Bertz CT molecular complexity index is 1060. The molecule has 1 heterocycles. The zero-order valence-corrected chi connectivity index (χ0v) is 19.0. The summed E-state index contributed by atoms with van der Waals surface area (Å²) in [5, 5.41) is 7.63. The summed E-state index contributed by atoms with van der Waals surface area (Å²) in [6.45, 7) is 0.541. The Kier molecular flexibility index (Phi) is 6.73. The van der Waals surface area contributed by atoms with Crippen molar-refractivity contribution in [1.29, 1.82) is 0 Å². The van der Waals surface area contributed by atoms with Crippen molar-refractivity contribution in [1.82, 2.24) is 15.3 Å². The number of fused-ring (bicyclic) bond motifs is 1. The molecule has 1 amide bonds. The third-order valence-corrected chi connectivity index (χ3v) is 6.06. The Morgan fingerprint density at radius 1 is 1.03 bits per heavy atom. The zero-order valence-electron chi connectivity index (χ0n) is 19.0. The van der Waals surface area contributed by atoms with Crippen LogP contribution < -0.4 is 20.3 Å². The third kappa shape index (κ3) is 5.10. The van der Waals surface area contributed by atoms with Crippen molar-refractivity contribution in [3.05, 3.63) is 54.1 Å². The number of nitrogens with zero attached hydrogens (tertiary/aromatic N) is 3. The largest absolute Gasteiger partial charge is 0.497 e. The van der Waals surface area contributed by atoms with Gasteiger partial charge in [-0.3, -0.25) is 4.79 Å². The van der Waals surface area contributed by atoms with Gasteiger partial charge in [-0.1, -0.05) is 24.3 Å². The first kappa shape index (κ1) is 21.9. The zero-order chi connectivity index (χ0) is 22.5. The molecule has 2 aromatic carbocycles. The van der Waals surface area contributed by atoms with Gasteiger partial charge in [0.15, 0.2) is 0 Å². The molecule has 0 bridgehead atoms. The van der Waals surface area contributed by atoms with Gasteiger partial charge in [0.2, 0.25) is 11.9 Å². The molecule has 2 N–H and O–H groups in total. The molecule has 0 radical (unpaired) electrons. The molecule has 0 atom stereocenters. The summed E-state index contributed by atoms with van der Waals surface area (Å²) >= 11 is 0. The van der Waals surface area contributed by atoms with Crippen LogP contribution >= 0.6 is 0 Å². The standard InChI is InChI=1S/C25H31N5O2/c1-30(2)23-21-6-4-5-7-22(21)28-25(29-23)27-19-12-10-18(11-13-19)24(31)26-16-17-8-14-20(32-3)15-9-17/h4-9,14-15,18-19H,10-13,16H2,1-3H3,(H,26,31)(H,27,28,29). The van der Waals surface area contributed by atoms with Gasteiger partial charge in [-0.15, -0.1) is 0 Å². The van der Waals surface area contributed by atoms with E-state index in [9.17, 15) is 4.79 Å². The van der Waals surface area contributed by atoms with Gasteiger partial charge >= 0.3 is 0 Å². The number of ether oxygens (including phenoxy) is 1. The van der Waals surface area contributed by atoms with Crippen LogP contribution in [0.4, 0.5) is 11.8 Å². The molecule has 1 aliphatic carbocycles. The van der Waals surface area contributed by atoms with Crippen LogP contribution in [-0.2, 0) is 11.3 Å². The van der Waals surface area contributed by atoms with Crippen LogP contribution in [-0.4, -0.2) is 43.1 Å². The van der Waals surface area contributed by atoms with Gasteiger partial charge in [-0.25, -0.2) is 4.98 Å². The number of nitrogens with one attached hydrogen (secondary N) is 2. The summed E-state index contributed by atoms with van der Waals surface area (Å²) in [5.74, 6) is 2.57. The maximum absolute atomic E-state index is 12.6. The summed E-state index contributed by atoms with van der Waals surface area (Å²) in [4.78, 5) is 24.1. The summed E-state index contributed by atoms with van der Waals surface area (Å²) in [7, 11) is 5.64. The molecule has 32 heavy (non-hydrogen) atoms. The fourth-order valence-corrected chi connectivity index (χ4v) is 4.22. The molecule has 7 heteroatoms. The van der Waals surface area contributed by atoms with Gasteiger partial charge in [-0.2, -0.15) is 4.98 Å². The van der Waals surface area contributed by atoms with Crippen molar-refractivity contribution < 1.29 is 9.53 Å². The lowest BCUT2D eigenvalue weighted by molar-refractivity contribution is -0.126. The molecule has 0 unspecified atom stereocenters. The molecule has 1 fully saturated rings. The molecule has 1 aromatic heterocycles.